The van der Waals surface area contributed by atoms with Gasteiger partial charge in [-0.05, 0) is 74.2 Å². The molecule has 0 saturated carbocycles. The molecule has 1 saturated heterocycles. The first-order valence-corrected chi connectivity index (χ1v) is 13.2. The number of nitrogens with zero attached hydrogens (tertiary/aromatic N) is 2. The molecule has 2 aromatic rings. The van der Waals surface area contributed by atoms with Crippen LogP contribution in [0.25, 0.3) is 10.8 Å². The Balaban J connectivity index is 1.95. The van der Waals surface area contributed by atoms with Gasteiger partial charge in [0.1, 0.15) is 0 Å². The number of likely N-dealkylation sites (tertiary alicyclic amines) is 1. The molecule has 0 aliphatic carbocycles. The first kappa shape index (κ1) is 25.7. The van der Waals surface area contributed by atoms with Gasteiger partial charge in [-0.25, -0.2) is 0 Å². The van der Waals surface area contributed by atoms with Crippen molar-refractivity contribution in [3.8, 4) is 0 Å². The van der Waals surface area contributed by atoms with Crippen LogP contribution in [0.5, 0.6) is 0 Å². The molecule has 4 nitrogen and oxygen atoms in total. The highest BCUT2D eigenvalue weighted by atomic mass is 16.2. The number of hydrogen-bond acceptors (Lipinski definition) is 3. The van der Waals surface area contributed by atoms with Gasteiger partial charge in [0.05, 0.1) is 6.54 Å². The number of fused-ring (bicyclic) bond motifs is 1. The van der Waals surface area contributed by atoms with E-state index in [2.05, 4.69) is 85.3 Å². The standard InChI is InChI=1S/C29H45N3O/c1-5-24(4)29(18-21-32-19-11-8-12-20-32,23-30-28(33)22-31(6-2)7-3)27-17-13-15-25-14-9-10-16-26(25)27/h9-10,13-17,24H,5-8,11-12,18-23H2,1-4H3,(H,30,33). The Morgan fingerprint density at radius 3 is 2.42 bits per heavy atom. The third-order valence-electron chi connectivity index (χ3n) is 8.07. The van der Waals surface area contributed by atoms with Gasteiger partial charge in [-0.2, -0.15) is 0 Å². The first-order valence-electron chi connectivity index (χ1n) is 13.2. The van der Waals surface area contributed by atoms with Gasteiger partial charge in [-0.15, -0.1) is 0 Å². The van der Waals surface area contributed by atoms with Crippen molar-refractivity contribution in [3.05, 3.63) is 48.0 Å². The number of hydrogen-bond donors (Lipinski definition) is 1. The Hall–Kier alpha value is -1.91. The topological polar surface area (TPSA) is 35.6 Å². The van der Waals surface area contributed by atoms with Gasteiger partial charge >= 0.3 is 0 Å². The zero-order valence-electron chi connectivity index (χ0n) is 21.4. The van der Waals surface area contributed by atoms with E-state index in [0.717, 1.165) is 32.5 Å². The molecule has 0 radical (unpaired) electrons. The maximum atomic E-state index is 13.0. The van der Waals surface area contributed by atoms with Crippen LogP contribution in [0.2, 0.25) is 0 Å². The van der Waals surface area contributed by atoms with E-state index < -0.39 is 0 Å². The van der Waals surface area contributed by atoms with Crippen LogP contribution in [-0.4, -0.2) is 61.5 Å². The van der Waals surface area contributed by atoms with Gasteiger partial charge in [-0.3, -0.25) is 9.69 Å². The van der Waals surface area contributed by atoms with E-state index in [1.165, 1.54) is 48.7 Å². The van der Waals surface area contributed by atoms with Crippen molar-refractivity contribution in [1.82, 2.24) is 15.1 Å². The van der Waals surface area contributed by atoms with Crippen molar-refractivity contribution >= 4 is 16.7 Å². The molecule has 0 bridgehead atoms. The number of amides is 1. The Kier molecular flexibility index (Phi) is 9.76. The minimum Gasteiger partial charge on any atom is -0.354 e. The average molecular weight is 452 g/mol. The van der Waals surface area contributed by atoms with Crippen LogP contribution in [-0.2, 0) is 10.2 Å². The summed E-state index contributed by atoms with van der Waals surface area (Å²) >= 11 is 0. The van der Waals surface area contributed by atoms with Crippen molar-refractivity contribution in [2.75, 3.05) is 45.8 Å². The predicted molar refractivity (Wildman–Crippen MR) is 141 cm³/mol. The number of piperidine rings is 1. The second-order valence-electron chi connectivity index (χ2n) is 9.88. The number of benzene rings is 2. The highest BCUT2D eigenvalue weighted by molar-refractivity contribution is 5.87. The second kappa shape index (κ2) is 12.5. The van der Waals surface area contributed by atoms with Crippen molar-refractivity contribution < 1.29 is 4.79 Å². The molecule has 1 fully saturated rings. The van der Waals surface area contributed by atoms with Gasteiger partial charge in [0, 0.05) is 12.0 Å². The van der Waals surface area contributed by atoms with Gasteiger partial charge in [0.15, 0.2) is 0 Å². The van der Waals surface area contributed by atoms with Crippen molar-refractivity contribution in [2.24, 2.45) is 5.92 Å². The van der Waals surface area contributed by atoms with E-state index in [0.29, 0.717) is 19.0 Å². The Morgan fingerprint density at radius 2 is 1.73 bits per heavy atom. The fourth-order valence-electron chi connectivity index (χ4n) is 5.56. The van der Waals surface area contributed by atoms with E-state index in [9.17, 15) is 4.79 Å². The van der Waals surface area contributed by atoms with Crippen molar-refractivity contribution in [1.29, 1.82) is 0 Å². The smallest absolute Gasteiger partial charge is 0.234 e. The van der Waals surface area contributed by atoms with Crippen LogP contribution in [0.15, 0.2) is 42.5 Å². The van der Waals surface area contributed by atoms with Gasteiger partial charge < -0.3 is 10.2 Å². The van der Waals surface area contributed by atoms with Gasteiger partial charge in [0.25, 0.3) is 0 Å². The van der Waals surface area contributed by atoms with Gasteiger partial charge in [0.2, 0.25) is 5.91 Å². The minimum absolute atomic E-state index is 0.0913. The third kappa shape index (κ3) is 6.36. The SMILES string of the molecule is CCC(C)C(CCN1CCCCC1)(CNC(=O)CN(CC)CC)c1cccc2ccccc12. The summed E-state index contributed by atoms with van der Waals surface area (Å²) in [5.74, 6) is 0.603. The molecule has 4 heteroatoms. The zero-order chi connectivity index (χ0) is 23.7. The lowest BCUT2D eigenvalue weighted by Crippen LogP contribution is -2.49. The highest BCUT2D eigenvalue weighted by Gasteiger charge is 2.39. The minimum atomic E-state index is -0.0913. The number of carbonyl (C=O) groups is 1. The zero-order valence-corrected chi connectivity index (χ0v) is 21.4. The average Bonchev–Trinajstić information content (AvgIpc) is 2.87. The summed E-state index contributed by atoms with van der Waals surface area (Å²) in [5.41, 5.74) is 1.31. The number of carbonyl (C=O) groups excluding carboxylic acids is 1. The maximum Gasteiger partial charge on any atom is 0.234 e. The molecular formula is C29H45N3O. The van der Waals surface area contributed by atoms with E-state index >= 15 is 0 Å². The molecule has 2 aromatic carbocycles. The molecule has 182 valence electrons. The molecule has 1 amide bonds. The molecule has 1 heterocycles. The number of likely N-dealkylation sites (N-methyl/N-ethyl adjacent to an activating group) is 1. The summed E-state index contributed by atoms with van der Waals surface area (Å²) in [5, 5.41) is 6.01. The van der Waals surface area contributed by atoms with Gasteiger partial charge in [-0.1, -0.05) is 83.0 Å². The Labute approximate surface area is 201 Å². The fraction of sp³-hybridized carbons (Fsp3) is 0.621. The normalized spacial score (nSPS) is 17.7. The van der Waals surface area contributed by atoms with Crippen LogP contribution >= 0.6 is 0 Å². The monoisotopic (exact) mass is 451 g/mol. The van der Waals surface area contributed by atoms with E-state index in [-0.39, 0.29) is 11.3 Å². The second-order valence-corrected chi connectivity index (χ2v) is 9.88. The summed E-state index contributed by atoms with van der Waals surface area (Å²) in [6.07, 6.45) is 6.14. The van der Waals surface area contributed by atoms with E-state index in [1.54, 1.807) is 0 Å². The largest absolute Gasteiger partial charge is 0.354 e. The molecule has 0 spiro atoms. The molecular weight excluding hydrogens is 406 g/mol. The molecule has 1 aliphatic heterocycles. The number of rotatable bonds is 12. The summed E-state index contributed by atoms with van der Waals surface area (Å²) in [6.45, 7) is 15.4. The van der Waals surface area contributed by atoms with Crippen LogP contribution in [0, 0.1) is 5.92 Å². The summed E-state index contributed by atoms with van der Waals surface area (Å²) in [7, 11) is 0. The molecule has 3 rings (SSSR count). The van der Waals surface area contributed by atoms with Crippen LogP contribution < -0.4 is 5.32 Å². The Bertz CT molecular complexity index is 867. The van der Waals surface area contributed by atoms with E-state index in [1.807, 2.05) is 0 Å². The molecule has 2 unspecified atom stereocenters. The predicted octanol–water partition coefficient (Wildman–Crippen LogP) is 5.46. The lowest BCUT2D eigenvalue weighted by atomic mass is 9.66. The molecule has 33 heavy (non-hydrogen) atoms. The molecule has 2 atom stereocenters. The van der Waals surface area contributed by atoms with Crippen molar-refractivity contribution in [2.45, 2.75) is 65.2 Å². The van der Waals surface area contributed by atoms with Crippen LogP contribution in [0.1, 0.15) is 65.4 Å². The van der Waals surface area contributed by atoms with Crippen molar-refractivity contribution in [3.63, 3.8) is 0 Å². The van der Waals surface area contributed by atoms with E-state index in [4.69, 9.17) is 0 Å². The molecule has 1 aliphatic rings. The lowest BCUT2D eigenvalue weighted by molar-refractivity contribution is -0.122. The first-order chi connectivity index (χ1) is 16.0. The molecule has 0 aromatic heterocycles. The Morgan fingerprint density at radius 1 is 1.03 bits per heavy atom. The highest BCUT2D eigenvalue weighted by Crippen LogP contribution is 2.41. The lowest BCUT2D eigenvalue weighted by Gasteiger charge is -2.42. The van der Waals surface area contributed by atoms with Crippen LogP contribution in [0.3, 0.4) is 0 Å². The fourth-order valence-corrected chi connectivity index (χ4v) is 5.56. The maximum absolute atomic E-state index is 13.0. The van der Waals surface area contributed by atoms with Crippen LogP contribution in [0.4, 0.5) is 0 Å². The molecule has 1 N–H and O–H groups in total. The summed E-state index contributed by atoms with van der Waals surface area (Å²) in [6, 6.07) is 15.5. The number of nitrogens with one attached hydrogen (secondary N) is 1. The quantitative estimate of drug-likeness (QED) is 0.466. The third-order valence-corrected chi connectivity index (χ3v) is 8.07. The summed E-state index contributed by atoms with van der Waals surface area (Å²) in [4.78, 5) is 17.8. The summed E-state index contributed by atoms with van der Waals surface area (Å²) < 4.78 is 0.